The van der Waals surface area contributed by atoms with E-state index in [2.05, 4.69) is 0 Å². The zero-order valence-electron chi connectivity index (χ0n) is 6.78. The Kier molecular flexibility index (Phi) is 7.20. The molecule has 0 rings (SSSR count). The first-order valence-electron chi connectivity index (χ1n) is 3.18. The average molecular weight is 203 g/mol. The molecule has 0 amide bonds. The van der Waals surface area contributed by atoms with Gasteiger partial charge < -0.3 is 5.73 Å². The zero-order chi connectivity index (χ0) is 8.20. The Morgan fingerprint density at radius 2 is 1.91 bits per heavy atom. The summed E-state index contributed by atoms with van der Waals surface area (Å²) in [6.45, 7) is 2.48. The molecular weight excluding hydrogens is 188 g/mol. The minimum atomic E-state index is -3.05. The number of rotatable bonds is 4. The van der Waals surface area contributed by atoms with Gasteiger partial charge in [-0.1, -0.05) is 6.92 Å². The van der Waals surface area contributed by atoms with Gasteiger partial charge in [0.25, 0.3) is 0 Å². The van der Waals surface area contributed by atoms with Crippen molar-refractivity contribution < 1.29 is 8.42 Å². The molecule has 0 fully saturated rings. The van der Waals surface area contributed by atoms with Crippen molar-refractivity contribution in [3.05, 3.63) is 0 Å². The first kappa shape index (κ1) is 13.7. The summed E-state index contributed by atoms with van der Waals surface area (Å²) in [4.78, 5) is 0. The van der Waals surface area contributed by atoms with E-state index in [1.54, 1.807) is 14.0 Å². The van der Waals surface area contributed by atoms with E-state index in [1.807, 2.05) is 0 Å². The van der Waals surface area contributed by atoms with Gasteiger partial charge in [-0.2, -0.15) is 0 Å². The fraction of sp³-hybridized carbons (Fsp3) is 1.00. The van der Waals surface area contributed by atoms with Crippen LogP contribution in [0.4, 0.5) is 0 Å². The highest BCUT2D eigenvalue weighted by Crippen LogP contribution is 1.94. The van der Waals surface area contributed by atoms with Gasteiger partial charge in [0.05, 0.1) is 5.75 Å². The predicted molar refractivity (Wildman–Crippen MR) is 48.4 cm³/mol. The van der Waals surface area contributed by atoms with Crippen LogP contribution in [0.3, 0.4) is 0 Å². The largest absolute Gasteiger partial charge is 0.329 e. The Hall–Kier alpha value is 0.160. The van der Waals surface area contributed by atoms with E-state index in [9.17, 15) is 8.42 Å². The van der Waals surface area contributed by atoms with Gasteiger partial charge in [0.1, 0.15) is 0 Å². The molecule has 0 heterocycles. The van der Waals surface area contributed by atoms with Crippen molar-refractivity contribution in [1.82, 2.24) is 4.31 Å². The monoisotopic (exact) mass is 202 g/mol. The molecule has 0 aliphatic heterocycles. The lowest BCUT2D eigenvalue weighted by Gasteiger charge is -2.12. The quantitative estimate of drug-likeness (QED) is 0.678. The van der Waals surface area contributed by atoms with Gasteiger partial charge in [-0.15, -0.1) is 12.4 Å². The molecule has 6 heteroatoms. The zero-order valence-corrected chi connectivity index (χ0v) is 8.41. The summed E-state index contributed by atoms with van der Waals surface area (Å²) < 4.78 is 23.3. The Morgan fingerprint density at radius 3 is 2.18 bits per heavy atom. The second-order valence-corrected chi connectivity index (χ2v) is 4.21. The number of hydrogen-bond donors (Lipinski definition) is 1. The van der Waals surface area contributed by atoms with Crippen LogP contribution >= 0.6 is 12.4 Å². The third-order valence-electron chi connectivity index (χ3n) is 1.30. The van der Waals surface area contributed by atoms with Gasteiger partial charge in [-0.25, -0.2) is 12.7 Å². The summed E-state index contributed by atoms with van der Waals surface area (Å²) in [5, 5.41) is 0. The van der Waals surface area contributed by atoms with Crippen molar-refractivity contribution in [1.29, 1.82) is 0 Å². The van der Waals surface area contributed by atoms with Crippen LogP contribution in [0.15, 0.2) is 0 Å². The van der Waals surface area contributed by atoms with Crippen molar-refractivity contribution >= 4 is 22.4 Å². The van der Waals surface area contributed by atoms with Gasteiger partial charge in [-0.3, -0.25) is 0 Å². The number of nitrogens with two attached hydrogens (primary N) is 1. The molecule has 0 unspecified atom stereocenters. The van der Waals surface area contributed by atoms with E-state index in [0.29, 0.717) is 6.54 Å². The van der Waals surface area contributed by atoms with Gasteiger partial charge >= 0.3 is 0 Å². The number of hydrogen-bond acceptors (Lipinski definition) is 3. The molecule has 11 heavy (non-hydrogen) atoms. The summed E-state index contributed by atoms with van der Waals surface area (Å²) in [5.74, 6) is 0.0390. The Balaban J connectivity index is 0. The van der Waals surface area contributed by atoms with Crippen molar-refractivity contribution in [2.45, 2.75) is 6.92 Å². The minimum absolute atomic E-state index is 0. The molecule has 70 valence electrons. The molecule has 0 saturated carbocycles. The topological polar surface area (TPSA) is 63.4 Å². The summed E-state index contributed by atoms with van der Waals surface area (Å²) in [7, 11) is -1.51. The summed E-state index contributed by atoms with van der Waals surface area (Å²) in [6, 6.07) is 0. The number of sulfonamides is 1. The van der Waals surface area contributed by atoms with Crippen LogP contribution < -0.4 is 5.73 Å². The number of nitrogens with zero attached hydrogens (tertiary/aromatic N) is 1. The first-order chi connectivity index (χ1) is 4.54. The van der Waals surface area contributed by atoms with Gasteiger partial charge in [0.2, 0.25) is 10.0 Å². The van der Waals surface area contributed by atoms with Crippen LogP contribution in [0.2, 0.25) is 0 Å². The smallest absolute Gasteiger partial charge is 0.215 e. The van der Waals surface area contributed by atoms with Crippen LogP contribution in [-0.2, 0) is 10.0 Å². The highest BCUT2D eigenvalue weighted by molar-refractivity contribution is 7.89. The van der Waals surface area contributed by atoms with E-state index >= 15 is 0 Å². The van der Waals surface area contributed by atoms with E-state index < -0.39 is 10.0 Å². The maximum absolute atomic E-state index is 11.0. The summed E-state index contributed by atoms with van der Waals surface area (Å²) in [6.07, 6.45) is 0. The van der Waals surface area contributed by atoms with Crippen molar-refractivity contribution in [2.75, 3.05) is 25.9 Å². The minimum Gasteiger partial charge on any atom is -0.329 e. The fourth-order valence-electron chi connectivity index (χ4n) is 0.501. The van der Waals surface area contributed by atoms with Crippen LogP contribution in [0.5, 0.6) is 0 Å². The average Bonchev–Trinajstić information content (AvgIpc) is 1.86. The van der Waals surface area contributed by atoms with Crippen LogP contribution in [0.1, 0.15) is 6.92 Å². The van der Waals surface area contributed by atoms with Crippen LogP contribution in [-0.4, -0.2) is 38.6 Å². The third-order valence-corrected chi connectivity index (χ3v) is 3.26. The Labute approximate surface area is 74.2 Å². The van der Waals surface area contributed by atoms with E-state index in [4.69, 9.17) is 5.73 Å². The van der Waals surface area contributed by atoms with Crippen LogP contribution in [0.25, 0.3) is 0 Å². The molecule has 0 radical (unpaired) electrons. The molecule has 0 atom stereocenters. The highest BCUT2D eigenvalue weighted by Gasteiger charge is 2.13. The van der Waals surface area contributed by atoms with Gasteiger partial charge in [-0.05, 0) is 0 Å². The molecule has 2 N–H and O–H groups in total. The van der Waals surface area contributed by atoms with Gasteiger partial charge in [0.15, 0.2) is 0 Å². The Bertz CT molecular complexity index is 181. The first-order valence-corrected chi connectivity index (χ1v) is 4.79. The molecule has 4 nitrogen and oxygen atoms in total. The molecular formula is C5H15ClN2O2S. The SMILES string of the molecule is CCN(C)S(=O)(=O)CCN.Cl. The summed E-state index contributed by atoms with van der Waals surface area (Å²) >= 11 is 0. The normalized spacial score (nSPS) is 11.3. The second-order valence-electron chi connectivity index (χ2n) is 2.02. The fourth-order valence-corrected chi connectivity index (χ4v) is 1.50. The van der Waals surface area contributed by atoms with Crippen molar-refractivity contribution in [3.63, 3.8) is 0 Å². The number of halogens is 1. The molecule has 0 spiro atoms. The molecule has 0 aromatic heterocycles. The van der Waals surface area contributed by atoms with Crippen molar-refractivity contribution in [3.8, 4) is 0 Å². The lowest BCUT2D eigenvalue weighted by atomic mass is 10.8. The van der Waals surface area contributed by atoms with E-state index in [1.165, 1.54) is 4.31 Å². The highest BCUT2D eigenvalue weighted by atomic mass is 35.5. The molecule has 0 aliphatic carbocycles. The maximum Gasteiger partial charge on any atom is 0.215 e. The van der Waals surface area contributed by atoms with E-state index in [-0.39, 0.29) is 24.7 Å². The maximum atomic E-state index is 11.0. The van der Waals surface area contributed by atoms with Crippen molar-refractivity contribution in [2.24, 2.45) is 5.73 Å². The standard InChI is InChI=1S/C5H14N2O2S.ClH/c1-3-7(2)10(8,9)5-4-6;/h3-6H2,1-2H3;1H. The lowest BCUT2D eigenvalue weighted by Crippen LogP contribution is -2.31. The predicted octanol–water partition coefficient (Wildman–Crippen LogP) is -0.352. The third kappa shape index (κ3) is 4.58. The Morgan fingerprint density at radius 1 is 1.45 bits per heavy atom. The second kappa shape index (κ2) is 5.77. The van der Waals surface area contributed by atoms with Gasteiger partial charge in [0, 0.05) is 20.1 Å². The molecule has 0 aromatic rings. The summed E-state index contributed by atoms with van der Waals surface area (Å²) in [5.41, 5.74) is 5.10. The lowest BCUT2D eigenvalue weighted by molar-refractivity contribution is 0.486. The van der Waals surface area contributed by atoms with Crippen LogP contribution in [0, 0.1) is 0 Å². The molecule has 0 saturated heterocycles. The van der Waals surface area contributed by atoms with E-state index in [0.717, 1.165) is 0 Å². The molecule has 0 aromatic carbocycles. The molecule has 0 bridgehead atoms. The molecule has 0 aliphatic rings.